The second-order valence-corrected chi connectivity index (χ2v) is 13.4. The minimum atomic E-state index is -1.17. The second kappa shape index (κ2) is 19.0. The number of hydrogen-bond acceptors (Lipinski definition) is 0. The van der Waals surface area contributed by atoms with Crippen LogP contribution in [-0.2, 0) is 0 Å². The van der Waals surface area contributed by atoms with Gasteiger partial charge in [0.2, 0.25) is 0 Å². The van der Waals surface area contributed by atoms with Crippen molar-refractivity contribution in [2.24, 2.45) is 0 Å². The van der Waals surface area contributed by atoms with E-state index in [9.17, 15) is 0 Å². The van der Waals surface area contributed by atoms with Crippen molar-refractivity contribution in [2.75, 3.05) is 0 Å². The van der Waals surface area contributed by atoms with E-state index in [1.54, 1.807) is 0 Å². The number of hydrogen-bond donors (Lipinski definition) is 0. The van der Waals surface area contributed by atoms with Gasteiger partial charge in [-0.2, -0.15) is 0 Å². The summed E-state index contributed by atoms with van der Waals surface area (Å²) in [5, 5.41) is 0. The van der Waals surface area contributed by atoms with Crippen molar-refractivity contribution in [1.82, 2.24) is 0 Å². The van der Waals surface area contributed by atoms with Crippen molar-refractivity contribution in [1.29, 1.82) is 0 Å². The van der Waals surface area contributed by atoms with E-state index in [0.29, 0.717) is 0 Å². The molecule has 0 aliphatic rings. The molecule has 0 aromatic heterocycles. The van der Waals surface area contributed by atoms with E-state index < -0.39 is 8.07 Å². The Kier molecular flexibility index (Phi) is 18.5. The third kappa shape index (κ3) is 23.3. The molecule has 0 aromatic rings. The lowest BCUT2D eigenvalue weighted by Crippen LogP contribution is -2.16. The summed E-state index contributed by atoms with van der Waals surface area (Å²) >= 11 is 0. The number of allylic oxidation sites excluding steroid dienone is 4. The maximum absolute atomic E-state index is 3.41. The molecule has 0 bridgehead atoms. The third-order valence-corrected chi connectivity index (χ3v) is 5.41. The summed E-state index contributed by atoms with van der Waals surface area (Å²) in [5.74, 6) is 3.30. The predicted octanol–water partition coefficient (Wildman–Crippen LogP) is 8.85. The van der Waals surface area contributed by atoms with E-state index >= 15 is 0 Å². The SMILES string of the molecule is CCCCCC/C=C\CCCCCCCCC/C=C/CC#C[Si](C)(C)C. The molecule has 0 aromatic carbocycles. The van der Waals surface area contributed by atoms with Crippen LogP contribution in [0, 0.1) is 11.5 Å². The van der Waals surface area contributed by atoms with Gasteiger partial charge in [0.1, 0.15) is 8.07 Å². The quantitative estimate of drug-likeness (QED) is 0.109. The summed E-state index contributed by atoms with van der Waals surface area (Å²) < 4.78 is 0. The van der Waals surface area contributed by atoms with Crippen LogP contribution in [0.25, 0.3) is 0 Å². The van der Waals surface area contributed by atoms with Crippen molar-refractivity contribution >= 4 is 8.07 Å². The highest BCUT2D eigenvalue weighted by Crippen LogP contribution is 2.11. The van der Waals surface area contributed by atoms with Gasteiger partial charge in [0, 0.05) is 6.42 Å². The molecule has 0 aliphatic heterocycles. The van der Waals surface area contributed by atoms with E-state index in [0.717, 1.165) is 6.42 Å². The molecule has 0 saturated heterocycles. The van der Waals surface area contributed by atoms with Crippen molar-refractivity contribution in [3.05, 3.63) is 24.3 Å². The molecular weight excluding hydrogens is 328 g/mol. The molecule has 0 heterocycles. The van der Waals surface area contributed by atoms with Gasteiger partial charge in [-0.3, -0.25) is 0 Å². The largest absolute Gasteiger partial charge is 0.132 e. The highest BCUT2D eigenvalue weighted by atomic mass is 28.3. The van der Waals surface area contributed by atoms with Gasteiger partial charge < -0.3 is 0 Å². The lowest BCUT2D eigenvalue weighted by atomic mass is 10.1. The Morgan fingerprint density at radius 3 is 1.46 bits per heavy atom. The fraction of sp³-hybridized carbons (Fsp3) is 0.760. The Hall–Kier alpha value is -0.743. The normalized spacial score (nSPS) is 12.0. The second-order valence-electron chi connectivity index (χ2n) is 8.60. The Balaban J connectivity index is 3.24. The molecule has 0 atom stereocenters. The molecule has 1 heteroatoms. The predicted molar refractivity (Wildman–Crippen MR) is 124 cm³/mol. The average Bonchev–Trinajstić information content (AvgIpc) is 2.59. The zero-order valence-electron chi connectivity index (χ0n) is 18.4. The van der Waals surface area contributed by atoms with Crippen LogP contribution in [0.4, 0.5) is 0 Å². The van der Waals surface area contributed by atoms with E-state index in [2.05, 4.69) is 62.3 Å². The zero-order valence-corrected chi connectivity index (χ0v) is 19.4. The van der Waals surface area contributed by atoms with Crippen molar-refractivity contribution in [3.8, 4) is 11.5 Å². The smallest absolute Gasteiger partial charge is 0.129 e. The van der Waals surface area contributed by atoms with Gasteiger partial charge in [0.25, 0.3) is 0 Å². The number of rotatable bonds is 16. The number of unbranched alkanes of at least 4 members (excludes halogenated alkanes) is 12. The third-order valence-electron chi connectivity index (χ3n) is 4.48. The molecule has 0 fully saturated rings. The molecule has 0 aliphatic carbocycles. The van der Waals surface area contributed by atoms with Crippen LogP contribution in [0.1, 0.15) is 103 Å². The van der Waals surface area contributed by atoms with Crippen LogP contribution < -0.4 is 0 Å². The van der Waals surface area contributed by atoms with Crippen LogP contribution in [0.5, 0.6) is 0 Å². The fourth-order valence-electron chi connectivity index (χ4n) is 2.91. The Bertz CT molecular complexity index is 400. The molecule has 0 radical (unpaired) electrons. The lowest BCUT2D eigenvalue weighted by molar-refractivity contribution is 0.583. The van der Waals surface area contributed by atoms with Crippen LogP contribution in [-0.4, -0.2) is 8.07 Å². The summed E-state index contributed by atoms with van der Waals surface area (Å²) in [6, 6.07) is 0. The fourth-order valence-corrected chi connectivity index (χ4v) is 3.54. The molecule has 0 unspecified atom stereocenters. The van der Waals surface area contributed by atoms with Gasteiger partial charge in [0.15, 0.2) is 0 Å². The highest BCUT2D eigenvalue weighted by Gasteiger charge is 2.06. The summed E-state index contributed by atoms with van der Waals surface area (Å²) in [6.07, 6.45) is 29.5. The summed E-state index contributed by atoms with van der Waals surface area (Å²) in [5.41, 5.74) is 3.41. The summed E-state index contributed by atoms with van der Waals surface area (Å²) in [6.45, 7) is 9.18. The van der Waals surface area contributed by atoms with Crippen molar-refractivity contribution < 1.29 is 0 Å². The van der Waals surface area contributed by atoms with Gasteiger partial charge >= 0.3 is 0 Å². The van der Waals surface area contributed by atoms with Gasteiger partial charge in [-0.05, 0) is 38.5 Å². The van der Waals surface area contributed by atoms with Gasteiger partial charge in [0.05, 0.1) is 0 Å². The maximum atomic E-state index is 3.41. The molecule has 0 saturated carbocycles. The average molecular weight is 375 g/mol. The molecule has 150 valence electrons. The lowest BCUT2D eigenvalue weighted by Gasteiger charge is -2.02. The van der Waals surface area contributed by atoms with Gasteiger partial charge in [-0.1, -0.05) is 102 Å². The van der Waals surface area contributed by atoms with Crippen LogP contribution >= 0.6 is 0 Å². The van der Waals surface area contributed by atoms with Crippen LogP contribution in [0.3, 0.4) is 0 Å². The standard InChI is InChI=1S/C25H46Si/c1-5-6-7-8-9-10-11-12-13-14-15-16-17-18-19-20-21-22-23-24-25-26(2,3)4/h10-11,21-22H,5-9,12-20,23H2,1-4H3/b11-10-,22-21+. The molecule has 0 rings (SSSR count). The first kappa shape index (κ1) is 25.3. The van der Waals surface area contributed by atoms with Crippen molar-refractivity contribution in [3.63, 3.8) is 0 Å². The molecule has 0 spiro atoms. The molecule has 26 heavy (non-hydrogen) atoms. The maximum Gasteiger partial charge on any atom is 0.129 e. The monoisotopic (exact) mass is 374 g/mol. The van der Waals surface area contributed by atoms with Gasteiger partial charge in [-0.15, -0.1) is 11.5 Å². The minimum absolute atomic E-state index is 0.942. The first-order chi connectivity index (χ1) is 12.6. The van der Waals surface area contributed by atoms with E-state index in [-0.39, 0.29) is 0 Å². The van der Waals surface area contributed by atoms with Crippen molar-refractivity contribution in [2.45, 2.75) is 123 Å². The molecular formula is C25H46Si. The van der Waals surface area contributed by atoms with E-state index in [1.165, 1.54) is 89.9 Å². The van der Waals surface area contributed by atoms with Crippen LogP contribution in [0.15, 0.2) is 24.3 Å². The highest BCUT2D eigenvalue weighted by molar-refractivity contribution is 6.83. The topological polar surface area (TPSA) is 0 Å². The molecule has 0 nitrogen and oxygen atoms in total. The first-order valence-electron chi connectivity index (χ1n) is 11.4. The van der Waals surface area contributed by atoms with E-state index in [4.69, 9.17) is 0 Å². The van der Waals surface area contributed by atoms with E-state index in [1.807, 2.05) is 0 Å². The zero-order chi connectivity index (χ0) is 19.3. The Morgan fingerprint density at radius 2 is 1.00 bits per heavy atom. The molecule has 0 N–H and O–H groups in total. The van der Waals surface area contributed by atoms with Crippen LogP contribution in [0.2, 0.25) is 19.6 Å². The summed E-state index contributed by atoms with van der Waals surface area (Å²) in [7, 11) is -1.17. The first-order valence-corrected chi connectivity index (χ1v) is 14.9. The minimum Gasteiger partial charge on any atom is -0.132 e. The Labute approximate surface area is 166 Å². The molecule has 0 amide bonds. The Morgan fingerprint density at radius 1 is 0.577 bits per heavy atom. The summed E-state index contributed by atoms with van der Waals surface area (Å²) in [4.78, 5) is 0. The van der Waals surface area contributed by atoms with Gasteiger partial charge in [-0.25, -0.2) is 0 Å².